The van der Waals surface area contributed by atoms with Gasteiger partial charge in [0.25, 0.3) is 0 Å². The van der Waals surface area contributed by atoms with Crippen molar-refractivity contribution in [1.29, 1.82) is 0 Å². The normalized spacial score (nSPS) is 15.1. The second-order valence-corrected chi connectivity index (χ2v) is 3.97. The number of hydrogen-bond donors (Lipinski definition) is 2. The highest BCUT2D eigenvalue weighted by atomic mass is 35.5. The van der Waals surface area contributed by atoms with Crippen molar-refractivity contribution in [3.8, 4) is 0 Å². The molecule has 0 fully saturated rings. The predicted molar refractivity (Wildman–Crippen MR) is 59.6 cm³/mol. The molecule has 0 heterocycles. The molecule has 1 aromatic carbocycles. The first kappa shape index (κ1) is 11.5. The molecule has 14 heavy (non-hydrogen) atoms. The van der Waals surface area contributed by atoms with E-state index in [1.54, 1.807) is 6.92 Å². The Labute approximate surface area is 89.9 Å². The summed E-state index contributed by atoms with van der Waals surface area (Å²) in [5, 5.41) is 13.1. The summed E-state index contributed by atoms with van der Waals surface area (Å²) < 4.78 is 0. The van der Waals surface area contributed by atoms with Crippen LogP contribution in [-0.4, -0.2) is 17.8 Å². The van der Waals surface area contributed by atoms with Crippen molar-refractivity contribution in [3.05, 3.63) is 34.9 Å². The van der Waals surface area contributed by atoms with Gasteiger partial charge in [-0.1, -0.05) is 23.7 Å². The number of halogens is 1. The van der Waals surface area contributed by atoms with Gasteiger partial charge in [0, 0.05) is 17.6 Å². The van der Waals surface area contributed by atoms with E-state index in [0.29, 0.717) is 6.54 Å². The third kappa shape index (κ3) is 3.66. The Kier molecular flexibility index (Phi) is 4.39. The van der Waals surface area contributed by atoms with Crippen LogP contribution in [0.5, 0.6) is 0 Å². The Hall–Kier alpha value is -0.570. The van der Waals surface area contributed by atoms with Gasteiger partial charge in [-0.3, -0.25) is 0 Å². The average molecular weight is 214 g/mol. The fraction of sp³-hybridized carbons (Fsp3) is 0.455. The van der Waals surface area contributed by atoms with Crippen molar-refractivity contribution in [2.75, 3.05) is 6.54 Å². The first-order valence-electron chi connectivity index (χ1n) is 4.76. The maximum absolute atomic E-state index is 9.11. The highest BCUT2D eigenvalue weighted by Gasteiger charge is 2.05. The van der Waals surface area contributed by atoms with Crippen molar-refractivity contribution >= 4 is 11.6 Å². The summed E-state index contributed by atoms with van der Waals surface area (Å²) in [7, 11) is 0. The Morgan fingerprint density at radius 1 is 1.29 bits per heavy atom. The number of benzene rings is 1. The Morgan fingerprint density at radius 2 is 1.86 bits per heavy atom. The summed E-state index contributed by atoms with van der Waals surface area (Å²) in [6.07, 6.45) is -0.315. The van der Waals surface area contributed by atoms with Crippen molar-refractivity contribution in [1.82, 2.24) is 5.32 Å². The van der Waals surface area contributed by atoms with Gasteiger partial charge in [0.15, 0.2) is 0 Å². The summed E-state index contributed by atoms with van der Waals surface area (Å²) in [5.74, 6) is 0. The van der Waals surface area contributed by atoms with Crippen LogP contribution in [0.25, 0.3) is 0 Å². The number of hydrogen-bond acceptors (Lipinski definition) is 2. The van der Waals surface area contributed by atoms with Crippen LogP contribution in [0.2, 0.25) is 5.02 Å². The van der Waals surface area contributed by atoms with Gasteiger partial charge < -0.3 is 10.4 Å². The molecular formula is C11H16ClNO. The summed E-state index contributed by atoms with van der Waals surface area (Å²) in [6, 6.07) is 7.96. The van der Waals surface area contributed by atoms with Crippen LogP contribution in [0.3, 0.4) is 0 Å². The molecule has 1 rings (SSSR count). The van der Waals surface area contributed by atoms with Crippen molar-refractivity contribution in [2.45, 2.75) is 26.0 Å². The Balaban J connectivity index is 2.52. The molecule has 78 valence electrons. The lowest BCUT2D eigenvalue weighted by Gasteiger charge is -2.15. The minimum atomic E-state index is -0.315. The van der Waals surface area contributed by atoms with Gasteiger partial charge in [0.2, 0.25) is 0 Å². The van der Waals surface area contributed by atoms with Gasteiger partial charge in [-0.15, -0.1) is 0 Å². The molecule has 0 aliphatic carbocycles. The van der Waals surface area contributed by atoms with E-state index in [-0.39, 0.29) is 12.1 Å². The van der Waals surface area contributed by atoms with E-state index in [1.807, 2.05) is 24.3 Å². The molecule has 2 atom stereocenters. The smallest absolute Gasteiger partial charge is 0.0636 e. The van der Waals surface area contributed by atoms with Gasteiger partial charge in [-0.05, 0) is 31.5 Å². The molecular weight excluding hydrogens is 198 g/mol. The third-order valence-electron chi connectivity index (χ3n) is 2.09. The third-order valence-corrected chi connectivity index (χ3v) is 2.34. The Morgan fingerprint density at radius 3 is 2.36 bits per heavy atom. The zero-order chi connectivity index (χ0) is 10.6. The number of rotatable bonds is 4. The minimum absolute atomic E-state index is 0.238. The fourth-order valence-corrected chi connectivity index (χ4v) is 1.34. The SMILES string of the molecule is CC(O)CN[C@H](C)c1ccc(Cl)cc1. The van der Waals surface area contributed by atoms with Crippen molar-refractivity contribution in [3.63, 3.8) is 0 Å². The van der Waals surface area contributed by atoms with E-state index in [1.165, 1.54) is 5.56 Å². The van der Waals surface area contributed by atoms with Crippen LogP contribution in [-0.2, 0) is 0 Å². The van der Waals surface area contributed by atoms with Crippen molar-refractivity contribution in [2.24, 2.45) is 0 Å². The van der Waals surface area contributed by atoms with E-state index in [0.717, 1.165) is 5.02 Å². The summed E-state index contributed by atoms with van der Waals surface area (Å²) >= 11 is 5.78. The maximum Gasteiger partial charge on any atom is 0.0636 e. The maximum atomic E-state index is 9.11. The summed E-state index contributed by atoms with van der Waals surface area (Å²) in [5.41, 5.74) is 1.18. The van der Waals surface area contributed by atoms with E-state index in [4.69, 9.17) is 16.7 Å². The highest BCUT2D eigenvalue weighted by molar-refractivity contribution is 6.30. The van der Waals surface area contributed by atoms with E-state index in [9.17, 15) is 0 Å². The van der Waals surface area contributed by atoms with Crippen LogP contribution >= 0.6 is 11.6 Å². The van der Waals surface area contributed by atoms with Gasteiger partial charge in [-0.25, -0.2) is 0 Å². The molecule has 0 amide bonds. The molecule has 0 spiro atoms. The molecule has 3 heteroatoms. The molecule has 0 aliphatic rings. The van der Waals surface area contributed by atoms with E-state index >= 15 is 0 Å². The monoisotopic (exact) mass is 213 g/mol. The molecule has 0 aliphatic heterocycles. The molecule has 1 unspecified atom stereocenters. The first-order valence-corrected chi connectivity index (χ1v) is 5.14. The van der Waals surface area contributed by atoms with Crippen LogP contribution in [0.4, 0.5) is 0 Å². The molecule has 2 N–H and O–H groups in total. The second-order valence-electron chi connectivity index (χ2n) is 3.53. The highest BCUT2D eigenvalue weighted by Crippen LogP contribution is 2.15. The van der Waals surface area contributed by atoms with Gasteiger partial charge in [-0.2, -0.15) is 0 Å². The largest absolute Gasteiger partial charge is 0.392 e. The first-order chi connectivity index (χ1) is 6.59. The van der Waals surface area contributed by atoms with Crippen LogP contribution in [0.1, 0.15) is 25.5 Å². The minimum Gasteiger partial charge on any atom is -0.392 e. The lowest BCUT2D eigenvalue weighted by molar-refractivity contribution is 0.187. The zero-order valence-corrected chi connectivity index (χ0v) is 9.25. The molecule has 0 radical (unpaired) electrons. The lowest BCUT2D eigenvalue weighted by Crippen LogP contribution is -2.27. The lowest BCUT2D eigenvalue weighted by atomic mass is 10.1. The van der Waals surface area contributed by atoms with E-state index < -0.39 is 0 Å². The van der Waals surface area contributed by atoms with Gasteiger partial charge in [0.1, 0.15) is 0 Å². The topological polar surface area (TPSA) is 32.3 Å². The number of aliphatic hydroxyl groups is 1. The average Bonchev–Trinajstić information content (AvgIpc) is 2.15. The number of nitrogens with one attached hydrogen (secondary N) is 1. The van der Waals surface area contributed by atoms with Crippen LogP contribution in [0, 0.1) is 0 Å². The molecule has 0 aromatic heterocycles. The molecule has 0 saturated carbocycles. The molecule has 0 saturated heterocycles. The molecule has 2 nitrogen and oxygen atoms in total. The predicted octanol–water partition coefficient (Wildman–Crippen LogP) is 2.37. The summed E-state index contributed by atoms with van der Waals surface area (Å²) in [6.45, 7) is 4.43. The van der Waals surface area contributed by atoms with Crippen LogP contribution < -0.4 is 5.32 Å². The summed E-state index contributed by atoms with van der Waals surface area (Å²) in [4.78, 5) is 0. The van der Waals surface area contributed by atoms with E-state index in [2.05, 4.69) is 12.2 Å². The molecule has 1 aromatic rings. The second kappa shape index (κ2) is 5.35. The van der Waals surface area contributed by atoms with Crippen molar-refractivity contribution < 1.29 is 5.11 Å². The standard InChI is InChI=1S/C11H16ClNO/c1-8(14)7-13-9(2)10-3-5-11(12)6-4-10/h3-6,8-9,13-14H,7H2,1-2H3/t8?,9-/m1/s1. The van der Waals surface area contributed by atoms with Gasteiger partial charge in [0.05, 0.1) is 6.10 Å². The quantitative estimate of drug-likeness (QED) is 0.805. The number of aliphatic hydroxyl groups excluding tert-OH is 1. The fourth-order valence-electron chi connectivity index (χ4n) is 1.22. The van der Waals surface area contributed by atoms with Gasteiger partial charge >= 0.3 is 0 Å². The Bertz CT molecular complexity index is 271. The van der Waals surface area contributed by atoms with Crippen LogP contribution in [0.15, 0.2) is 24.3 Å². The zero-order valence-electron chi connectivity index (χ0n) is 8.50. The molecule has 0 bridgehead atoms.